The standard InChI is InChI=1S/C48H65NO2/c1-9-13-14-15-16-17-18-19-20-21-31-50-48-41(40-28-25-35(40)6)23-22-24-44(48)47-42-29-26-38(37(8)36(7)34(5)10-2)32-45(42)51-46-33-39(27-30-43(46)47)49(11-3)12-4/h22-24,26-27,29-30,32-33,36,40H,5-6,9-21,25,28,31H2,1-4,7-8H3/b38-37-/t36-,40?/m1/s1. The normalized spacial score (nSPS) is 16.1. The average molecular weight is 688 g/mol. The fourth-order valence-electron chi connectivity index (χ4n) is 7.88. The molecule has 3 heteroatoms. The Morgan fingerprint density at radius 3 is 2.18 bits per heavy atom. The molecule has 0 aromatic heterocycles. The summed E-state index contributed by atoms with van der Waals surface area (Å²) in [6.45, 7) is 24.8. The smallest absolute Gasteiger partial charge is 0.137 e. The zero-order valence-electron chi connectivity index (χ0n) is 32.8. The maximum Gasteiger partial charge on any atom is 0.137 e. The summed E-state index contributed by atoms with van der Waals surface area (Å²) in [6, 6.07) is 20.3. The van der Waals surface area contributed by atoms with Gasteiger partial charge >= 0.3 is 0 Å². The van der Waals surface area contributed by atoms with Crippen LogP contribution in [0.5, 0.6) is 17.2 Å². The highest BCUT2D eigenvalue weighted by atomic mass is 16.5. The molecule has 1 aliphatic heterocycles. The molecule has 3 nitrogen and oxygen atoms in total. The van der Waals surface area contributed by atoms with Crippen LogP contribution in [0.2, 0.25) is 0 Å². The van der Waals surface area contributed by atoms with E-state index < -0.39 is 0 Å². The lowest BCUT2D eigenvalue weighted by atomic mass is 9.74. The number of allylic oxidation sites excluding steroid dienone is 2. The van der Waals surface area contributed by atoms with Gasteiger partial charge in [0.25, 0.3) is 0 Å². The SMILES string of the molecule is C=C1CCC1c1cccc(C2=c3cc/c(=C(\C)[C@H](C)C(=C)CC)cc3Oc3cc(N(CC)CC)ccc32)c1OCCCCCCCCCCCC. The van der Waals surface area contributed by atoms with Gasteiger partial charge in [-0.1, -0.05) is 133 Å². The molecule has 1 aliphatic carbocycles. The molecule has 1 unspecified atom stereocenters. The molecule has 0 saturated heterocycles. The molecule has 2 atom stereocenters. The number of unbranched alkanes of at least 4 members (excludes halogenated alkanes) is 9. The van der Waals surface area contributed by atoms with Crippen molar-refractivity contribution in [3.8, 4) is 17.2 Å². The monoisotopic (exact) mass is 688 g/mol. The van der Waals surface area contributed by atoms with Crippen molar-refractivity contribution in [2.45, 2.75) is 131 Å². The van der Waals surface area contributed by atoms with E-state index in [1.165, 1.54) is 96.5 Å². The lowest BCUT2D eigenvalue weighted by Gasteiger charge is -2.32. The molecule has 3 aromatic carbocycles. The van der Waals surface area contributed by atoms with Crippen molar-refractivity contribution in [2.24, 2.45) is 5.92 Å². The van der Waals surface area contributed by atoms with E-state index in [0.717, 1.165) is 79.0 Å². The second kappa shape index (κ2) is 18.7. The molecule has 0 spiro atoms. The van der Waals surface area contributed by atoms with Gasteiger partial charge in [0.1, 0.15) is 17.2 Å². The van der Waals surface area contributed by atoms with E-state index >= 15 is 0 Å². The molecule has 0 bridgehead atoms. The summed E-state index contributed by atoms with van der Waals surface area (Å²) in [5.41, 5.74) is 9.83. The molecule has 51 heavy (non-hydrogen) atoms. The minimum Gasteiger partial charge on any atom is -0.493 e. The highest BCUT2D eigenvalue weighted by Gasteiger charge is 2.30. The summed E-state index contributed by atoms with van der Waals surface area (Å²) >= 11 is 0. The Morgan fingerprint density at radius 2 is 1.55 bits per heavy atom. The third kappa shape index (κ3) is 9.02. The van der Waals surface area contributed by atoms with Crippen molar-refractivity contribution in [3.63, 3.8) is 0 Å². The van der Waals surface area contributed by atoms with Crippen molar-refractivity contribution < 1.29 is 9.47 Å². The maximum atomic E-state index is 6.93. The number of hydrogen-bond acceptors (Lipinski definition) is 3. The number of hydrogen-bond donors (Lipinski definition) is 0. The van der Waals surface area contributed by atoms with Gasteiger partial charge in [0, 0.05) is 58.2 Å². The van der Waals surface area contributed by atoms with Crippen LogP contribution in [0.15, 0.2) is 78.9 Å². The minimum atomic E-state index is 0.305. The first-order chi connectivity index (χ1) is 24.8. The van der Waals surface area contributed by atoms with Crippen LogP contribution in [0, 0.1) is 5.92 Å². The van der Waals surface area contributed by atoms with Gasteiger partial charge in [0.15, 0.2) is 0 Å². The Kier molecular flexibility index (Phi) is 14.1. The van der Waals surface area contributed by atoms with Crippen molar-refractivity contribution >= 4 is 16.8 Å². The van der Waals surface area contributed by atoms with Crippen LogP contribution in [-0.2, 0) is 0 Å². The third-order valence-corrected chi connectivity index (χ3v) is 11.7. The first-order valence-corrected chi connectivity index (χ1v) is 20.4. The van der Waals surface area contributed by atoms with Gasteiger partial charge in [0.2, 0.25) is 0 Å². The Hall–Kier alpha value is -3.72. The molecule has 1 saturated carbocycles. The van der Waals surface area contributed by atoms with Crippen LogP contribution < -0.4 is 24.8 Å². The summed E-state index contributed by atoms with van der Waals surface area (Å²) in [4.78, 5) is 2.38. The second-order valence-electron chi connectivity index (χ2n) is 15.0. The van der Waals surface area contributed by atoms with E-state index in [2.05, 4.69) is 114 Å². The number of anilines is 1. The van der Waals surface area contributed by atoms with Gasteiger partial charge in [0.05, 0.1) is 6.61 Å². The Morgan fingerprint density at radius 1 is 0.843 bits per heavy atom. The zero-order chi connectivity index (χ0) is 36.3. The van der Waals surface area contributed by atoms with Gasteiger partial charge in [-0.15, -0.1) is 0 Å². The number of nitrogens with zero attached hydrogens (tertiary/aromatic N) is 1. The first kappa shape index (κ1) is 38.5. The predicted octanol–water partition coefficient (Wildman–Crippen LogP) is 12.4. The predicted molar refractivity (Wildman–Crippen MR) is 220 cm³/mol. The average Bonchev–Trinajstić information content (AvgIpc) is 3.15. The van der Waals surface area contributed by atoms with E-state index in [4.69, 9.17) is 9.47 Å². The number of ether oxygens (including phenoxy) is 2. The van der Waals surface area contributed by atoms with Crippen LogP contribution in [0.4, 0.5) is 5.69 Å². The molecule has 0 radical (unpaired) electrons. The Bertz CT molecular complexity index is 1780. The van der Waals surface area contributed by atoms with Crippen molar-refractivity contribution in [2.75, 3.05) is 24.6 Å². The van der Waals surface area contributed by atoms with Gasteiger partial charge in [-0.2, -0.15) is 0 Å². The fourth-order valence-corrected chi connectivity index (χ4v) is 7.88. The van der Waals surface area contributed by atoms with Gasteiger partial charge in [-0.3, -0.25) is 0 Å². The largest absolute Gasteiger partial charge is 0.493 e. The Labute approximate surface area is 310 Å². The van der Waals surface area contributed by atoms with E-state index in [-0.39, 0.29) is 0 Å². The highest BCUT2D eigenvalue weighted by Crippen LogP contribution is 2.48. The third-order valence-electron chi connectivity index (χ3n) is 11.7. The Balaban J connectivity index is 1.54. The van der Waals surface area contributed by atoms with Crippen LogP contribution >= 0.6 is 0 Å². The lowest BCUT2D eigenvalue weighted by molar-refractivity contribution is 0.297. The molecule has 1 heterocycles. The van der Waals surface area contributed by atoms with E-state index in [0.29, 0.717) is 11.8 Å². The molecule has 0 amide bonds. The van der Waals surface area contributed by atoms with Crippen molar-refractivity contribution in [3.05, 3.63) is 106 Å². The zero-order valence-corrected chi connectivity index (χ0v) is 32.8. The van der Waals surface area contributed by atoms with E-state index in [9.17, 15) is 0 Å². The van der Waals surface area contributed by atoms with Crippen LogP contribution in [0.1, 0.15) is 148 Å². The molecule has 0 N–H and O–H groups in total. The number of para-hydroxylation sites is 1. The summed E-state index contributed by atoms with van der Waals surface area (Å²) in [5.74, 6) is 3.49. The van der Waals surface area contributed by atoms with Crippen LogP contribution in [0.3, 0.4) is 0 Å². The first-order valence-electron chi connectivity index (χ1n) is 20.4. The molecule has 3 aromatic rings. The molecule has 2 aliphatic rings. The summed E-state index contributed by atoms with van der Waals surface area (Å²) in [7, 11) is 0. The molecule has 274 valence electrons. The summed E-state index contributed by atoms with van der Waals surface area (Å²) in [5, 5.41) is 2.32. The fraction of sp³-hybridized carbons (Fsp3) is 0.500. The minimum absolute atomic E-state index is 0.305. The van der Waals surface area contributed by atoms with Crippen LogP contribution in [0.25, 0.3) is 11.1 Å². The molecular formula is C48H65NO2. The number of benzene rings is 3. The van der Waals surface area contributed by atoms with Crippen molar-refractivity contribution in [1.29, 1.82) is 0 Å². The van der Waals surface area contributed by atoms with Crippen molar-refractivity contribution in [1.82, 2.24) is 0 Å². The summed E-state index contributed by atoms with van der Waals surface area (Å²) in [6.07, 6.45) is 16.4. The van der Waals surface area contributed by atoms with E-state index in [1.807, 2.05) is 0 Å². The molecule has 5 rings (SSSR count). The van der Waals surface area contributed by atoms with Crippen LogP contribution in [-0.4, -0.2) is 19.7 Å². The van der Waals surface area contributed by atoms with E-state index in [1.54, 1.807) is 0 Å². The summed E-state index contributed by atoms with van der Waals surface area (Å²) < 4.78 is 13.8. The number of fused-ring (bicyclic) bond motifs is 2. The second-order valence-corrected chi connectivity index (χ2v) is 15.0. The van der Waals surface area contributed by atoms with Gasteiger partial charge in [-0.25, -0.2) is 0 Å². The molecular weight excluding hydrogens is 623 g/mol. The topological polar surface area (TPSA) is 21.7 Å². The quantitative estimate of drug-likeness (QED) is 0.0682. The lowest BCUT2D eigenvalue weighted by Crippen LogP contribution is -2.24. The highest BCUT2D eigenvalue weighted by molar-refractivity contribution is 5.89. The van der Waals surface area contributed by atoms with Gasteiger partial charge < -0.3 is 14.4 Å². The van der Waals surface area contributed by atoms with Gasteiger partial charge in [-0.05, 0) is 81.9 Å². The number of rotatable bonds is 20. The maximum absolute atomic E-state index is 6.93. The molecule has 1 fully saturated rings.